The van der Waals surface area contributed by atoms with Gasteiger partial charge < -0.3 is 10.1 Å². The standard InChI is InChI=1S/C14H17BrF3NO/c15-12-5-2-1-4-11(12)13(8-19-9-13)6-3-7-20-10-14(16,17)18/h1-2,4-5,19H,3,6-10H2. The SMILES string of the molecule is FC(F)(F)COCCCC1(c2ccccc2Br)CNC1. The molecule has 1 aromatic rings. The van der Waals surface area contributed by atoms with Crippen LogP contribution in [0, 0.1) is 0 Å². The third kappa shape index (κ3) is 3.96. The highest BCUT2D eigenvalue weighted by molar-refractivity contribution is 9.10. The molecule has 0 radical (unpaired) electrons. The van der Waals surface area contributed by atoms with E-state index >= 15 is 0 Å². The largest absolute Gasteiger partial charge is 0.411 e. The van der Waals surface area contributed by atoms with Gasteiger partial charge in [0.1, 0.15) is 6.61 Å². The topological polar surface area (TPSA) is 21.3 Å². The third-order valence-corrected chi connectivity index (χ3v) is 4.27. The van der Waals surface area contributed by atoms with Crippen LogP contribution in [0.3, 0.4) is 0 Å². The Morgan fingerprint density at radius 3 is 2.50 bits per heavy atom. The first kappa shape index (κ1) is 15.8. The Balaban J connectivity index is 1.85. The second-order valence-electron chi connectivity index (χ2n) is 5.14. The van der Waals surface area contributed by atoms with Crippen LogP contribution in [0.2, 0.25) is 0 Å². The van der Waals surface area contributed by atoms with E-state index in [2.05, 4.69) is 32.0 Å². The van der Waals surface area contributed by atoms with E-state index in [9.17, 15) is 13.2 Å². The van der Waals surface area contributed by atoms with Crippen molar-refractivity contribution in [2.24, 2.45) is 0 Å². The fourth-order valence-corrected chi connectivity index (χ4v) is 3.23. The molecule has 1 aliphatic heterocycles. The fraction of sp³-hybridized carbons (Fsp3) is 0.571. The monoisotopic (exact) mass is 351 g/mol. The zero-order chi connectivity index (χ0) is 14.6. The molecular formula is C14H17BrF3NO. The van der Waals surface area contributed by atoms with Gasteiger partial charge in [-0.15, -0.1) is 0 Å². The first-order valence-electron chi connectivity index (χ1n) is 6.53. The Hall–Kier alpha value is -0.590. The second kappa shape index (κ2) is 6.45. The zero-order valence-electron chi connectivity index (χ0n) is 11.0. The molecule has 20 heavy (non-hydrogen) atoms. The molecule has 1 N–H and O–H groups in total. The van der Waals surface area contributed by atoms with E-state index in [-0.39, 0.29) is 12.0 Å². The Morgan fingerprint density at radius 2 is 1.95 bits per heavy atom. The third-order valence-electron chi connectivity index (χ3n) is 3.58. The maximum absolute atomic E-state index is 12.0. The van der Waals surface area contributed by atoms with Crippen molar-refractivity contribution < 1.29 is 17.9 Å². The second-order valence-corrected chi connectivity index (χ2v) is 5.99. The van der Waals surface area contributed by atoms with Crippen molar-refractivity contribution in [2.75, 3.05) is 26.3 Å². The van der Waals surface area contributed by atoms with Gasteiger partial charge in [-0.1, -0.05) is 34.1 Å². The van der Waals surface area contributed by atoms with Gasteiger partial charge in [-0.2, -0.15) is 13.2 Å². The highest BCUT2D eigenvalue weighted by Gasteiger charge is 2.39. The average molecular weight is 352 g/mol. The molecule has 6 heteroatoms. The van der Waals surface area contributed by atoms with Crippen LogP contribution in [0.1, 0.15) is 18.4 Å². The summed E-state index contributed by atoms with van der Waals surface area (Å²) in [4.78, 5) is 0. The Morgan fingerprint density at radius 1 is 1.25 bits per heavy atom. The molecule has 1 fully saturated rings. The molecule has 1 saturated heterocycles. The van der Waals surface area contributed by atoms with Crippen molar-refractivity contribution >= 4 is 15.9 Å². The van der Waals surface area contributed by atoms with Crippen LogP contribution in [0.4, 0.5) is 13.2 Å². The molecule has 0 saturated carbocycles. The van der Waals surface area contributed by atoms with E-state index in [1.54, 1.807) is 0 Å². The molecule has 0 bridgehead atoms. The highest BCUT2D eigenvalue weighted by atomic mass is 79.9. The smallest absolute Gasteiger partial charge is 0.372 e. The summed E-state index contributed by atoms with van der Waals surface area (Å²) in [5.41, 5.74) is 1.23. The van der Waals surface area contributed by atoms with E-state index in [0.717, 1.165) is 24.0 Å². The molecule has 1 aliphatic rings. The van der Waals surface area contributed by atoms with Crippen molar-refractivity contribution in [3.05, 3.63) is 34.3 Å². The molecule has 1 heterocycles. The number of hydrogen-bond acceptors (Lipinski definition) is 2. The molecule has 0 unspecified atom stereocenters. The number of ether oxygens (including phenoxy) is 1. The lowest BCUT2D eigenvalue weighted by atomic mass is 9.72. The quantitative estimate of drug-likeness (QED) is 0.790. The van der Waals surface area contributed by atoms with Gasteiger partial charge in [-0.3, -0.25) is 0 Å². The number of halogens is 4. The van der Waals surface area contributed by atoms with Gasteiger partial charge in [0.25, 0.3) is 0 Å². The molecule has 112 valence electrons. The molecule has 0 atom stereocenters. The summed E-state index contributed by atoms with van der Waals surface area (Å²) in [6, 6.07) is 8.01. The minimum Gasteiger partial charge on any atom is -0.372 e. The van der Waals surface area contributed by atoms with E-state index in [4.69, 9.17) is 0 Å². The summed E-state index contributed by atoms with van der Waals surface area (Å²) < 4.78 is 41.6. The first-order valence-corrected chi connectivity index (χ1v) is 7.32. The van der Waals surface area contributed by atoms with Gasteiger partial charge in [0.15, 0.2) is 0 Å². The summed E-state index contributed by atoms with van der Waals surface area (Å²) in [5, 5.41) is 3.25. The van der Waals surface area contributed by atoms with Crippen molar-refractivity contribution in [1.82, 2.24) is 5.32 Å². The zero-order valence-corrected chi connectivity index (χ0v) is 12.6. The number of hydrogen-bond donors (Lipinski definition) is 1. The number of benzene rings is 1. The lowest BCUT2D eigenvalue weighted by Crippen LogP contribution is -2.57. The van der Waals surface area contributed by atoms with Crippen LogP contribution in [-0.4, -0.2) is 32.5 Å². The van der Waals surface area contributed by atoms with Crippen molar-refractivity contribution in [3.8, 4) is 0 Å². The van der Waals surface area contributed by atoms with E-state index in [0.29, 0.717) is 6.42 Å². The lowest BCUT2D eigenvalue weighted by Gasteiger charge is -2.44. The Kier molecular flexibility index (Phi) is 5.09. The van der Waals surface area contributed by atoms with Gasteiger partial charge in [0.2, 0.25) is 0 Å². The fourth-order valence-electron chi connectivity index (χ4n) is 2.52. The number of alkyl halides is 3. The van der Waals surface area contributed by atoms with Crippen LogP contribution in [-0.2, 0) is 10.2 Å². The van der Waals surface area contributed by atoms with Gasteiger partial charge in [0.05, 0.1) is 0 Å². The molecule has 0 spiro atoms. The molecule has 2 nitrogen and oxygen atoms in total. The first-order chi connectivity index (χ1) is 9.43. The predicted molar refractivity (Wildman–Crippen MR) is 74.8 cm³/mol. The summed E-state index contributed by atoms with van der Waals surface area (Å²) in [7, 11) is 0. The van der Waals surface area contributed by atoms with Gasteiger partial charge >= 0.3 is 6.18 Å². The van der Waals surface area contributed by atoms with E-state index in [1.165, 1.54) is 5.56 Å². The predicted octanol–water partition coefficient (Wildman–Crippen LogP) is 3.65. The summed E-state index contributed by atoms with van der Waals surface area (Å²) >= 11 is 3.55. The van der Waals surface area contributed by atoms with Crippen LogP contribution < -0.4 is 5.32 Å². The summed E-state index contributed by atoms with van der Waals surface area (Å²) in [6.45, 7) is 0.697. The Labute approximate surface area is 124 Å². The lowest BCUT2D eigenvalue weighted by molar-refractivity contribution is -0.174. The molecule has 0 amide bonds. The minimum atomic E-state index is -4.24. The van der Waals surface area contributed by atoms with Crippen molar-refractivity contribution in [1.29, 1.82) is 0 Å². The molecular weight excluding hydrogens is 335 g/mol. The van der Waals surface area contributed by atoms with E-state index < -0.39 is 12.8 Å². The summed E-state index contributed by atoms with van der Waals surface area (Å²) in [6.07, 6.45) is -2.79. The van der Waals surface area contributed by atoms with Gasteiger partial charge in [0, 0.05) is 29.6 Å². The maximum atomic E-state index is 12.0. The van der Waals surface area contributed by atoms with Crippen LogP contribution in [0.5, 0.6) is 0 Å². The molecule has 1 aromatic carbocycles. The molecule has 0 aromatic heterocycles. The normalized spacial score (nSPS) is 17.8. The van der Waals surface area contributed by atoms with Crippen molar-refractivity contribution in [2.45, 2.75) is 24.4 Å². The van der Waals surface area contributed by atoms with Crippen molar-refractivity contribution in [3.63, 3.8) is 0 Å². The van der Waals surface area contributed by atoms with Crippen LogP contribution >= 0.6 is 15.9 Å². The number of nitrogens with one attached hydrogen (secondary N) is 1. The van der Waals surface area contributed by atoms with Crippen LogP contribution in [0.25, 0.3) is 0 Å². The maximum Gasteiger partial charge on any atom is 0.411 e. The van der Waals surface area contributed by atoms with Gasteiger partial charge in [-0.05, 0) is 24.5 Å². The average Bonchev–Trinajstić information content (AvgIpc) is 2.32. The summed E-state index contributed by atoms with van der Waals surface area (Å²) in [5.74, 6) is 0. The number of rotatable bonds is 6. The molecule has 2 rings (SSSR count). The Bertz CT molecular complexity index is 446. The molecule has 0 aliphatic carbocycles. The van der Waals surface area contributed by atoms with E-state index in [1.807, 2.05) is 18.2 Å². The highest BCUT2D eigenvalue weighted by Crippen LogP contribution is 2.37. The van der Waals surface area contributed by atoms with Crippen LogP contribution in [0.15, 0.2) is 28.7 Å². The minimum absolute atomic E-state index is 0.0156. The van der Waals surface area contributed by atoms with Gasteiger partial charge in [-0.25, -0.2) is 0 Å².